The molecule has 0 bridgehead atoms. The lowest BCUT2D eigenvalue weighted by atomic mass is 9.93. The van der Waals surface area contributed by atoms with Crippen LogP contribution in [0.5, 0.6) is 0 Å². The Hall–Kier alpha value is -1.82. The van der Waals surface area contributed by atoms with Crippen molar-refractivity contribution in [3.63, 3.8) is 0 Å². The zero-order valence-electron chi connectivity index (χ0n) is 9.39. The van der Waals surface area contributed by atoms with E-state index in [1.807, 2.05) is 12.2 Å². The van der Waals surface area contributed by atoms with Crippen LogP contribution in [0, 0.1) is 5.92 Å². The predicted octanol–water partition coefficient (Wildman–Crippen LogP) is 4.48. The van der Waals surface area contributed by atoms with Crippen LogP contribution in [0.3, 0.4) is 0 Å². The van der Waals surface area contributed by atoms with E-state index in [0.29, 0.717) is 5.92 Å². The summed E-state index contributed by atoms with van der Waals surface area (Å²) in [5, 5.41) is 0. The molecule has 0 saturated heterocycles. The van der Waals surface area contributed by atoms with Crippen molar-refractivity contribution >= 4 is 11.6 Å². The third kappa shape index (κ3) is 2.22. The Labute approximate surface area is 97.3 Å². The van der Waals surface area contributed by atoms with Crippen LogP contribution in [0.1, 0.15) is 17.5 Å². The van der Waals surface area contributed by atoms with Crippen LogP contribution in [-0.2, 0) is 0 Å². The fraction of sp³-hybridized carbons (Fsp3) is 0.125. The van der Waals surface area contributed by atoms with Crippen LogP contribution >= 0.6 is 0 Å². The number of benzene rings is 1. The normalized spacial score (nSPS) is 19.0. The third-order valence-electron chi connectivity index (χ3n) is 2.92. The van der Waals surface area contributed by atoms with Crippen LogP contribution < -0.4 is 0 Å². The highest BCUT2D eigenvalue weighted by molar-refractivity contribution is 5.75. The van der Waals surface area contributed by atoms with Gasteiger partial charge >= 0.3 is 0 Å². The van der Waals surface area contributed by atoms with E-state index < -0.39 is 0 Å². The van der Waals surface area contributed by atoms with Gasteiger partial charge < -0.3 is 0 Å². The minimum Gasteiger partial charge on any atom is -0.102 e. The van der Waals surface area contributed by atoms with Crippen molar-refractivity contribution in [3.05, 3.63) is 72.9 Å². The van der Waals surface area contributed by atoms with E-state index in [1.165, 1.54) is 11.1 Å². The Morgan fingerprint density at radius 1 is 1.12 bits per heavy atom. The second-order valence-electron chi connectivity index (χ2n) is 3.98. The summed E-state index contributed by atoms with van der Waals surface area (Å²) in [7, 11) is 0. The van der Waals surface area contributed by atoms with E-state index in [0.717, 1.165) is 12.0 Å². The molecule has 0 saturated carbocycles. The molecule has 0 amide bonds. The van der Waals surface area contributed by atoms with Crippen LogP contribution in [-0.4, -0.2) is 0 Å². The minimum absolute atomic E-state index is 0.496. The molecule has 1 unspecified atom stereocenters. The molecule has 1 aliphatic rings. The first-order valence-corrected chi connectivity index (χ1v) is 5.57. The molecule has 0 aromatic heterocycles. The maximum Gasteiger partial charge on any atom is -0.00180 e. The molecule has 80 valence electrons. The van der Waals surface area contributed by atoms with Gasteiger partial charge in [0.25, 0.3) is 0 Å². The summed E-state index contributed by atoms with van der Waals surface area (Å²) in [5.74, 6) is 0.496. The van der Waals surface area contributed by atoms with Gasteiger partial charge in [0, 0.05) is 0 Å². The number of hydrogen-bond donors (Lipinski definition) is 0. The Bertz CT molecular complexity index is 443. The van der Waals surface area contributed by atoms with Crippen LogP contribution in [0.2, 0.25) is 0 Å². The predicted molar refractivity (Wildman–Crippen MR) is 72.0 cm³/mol. The molecule has 0 radical (unpaired) electrons. The fourth-order valence-electron chi connectivity index (χ4n) is 1.84. The second kappa shape index (κ2) is 4.80. The highest BCUT2D eigenvalue weighted by Crippen LogP contribution is 2.24. The Balaban J connectivity index is 2.19. The lowest BCUT2D eigenvalue weighted by molar-refractivity contribution is 0.827. The average Bonchev–Trinajstić information content (AvgIpc) is 2.39. The van der Waals surface area contributed by atoms with Crippen molar-refractivity contribution in [1.82, 2.24) is 0 Å². The van der Waals surface area contributed by atoms with Gasteiger partial charge in [-0.05, 0) is 29.0 Å². The number of rotatable bonds is 3. The van der Waals surface area contributed by atoms with Crippen molar-refractivity contribution in [2.24, 2.45) is 5.92 Å². The van der Waals surface area contributed by atoms with E-state index in [4.69, 9.17) is 0 Å². The van der Waals surface area contributed by atoms with E-state index >= 15 is 0 Å². The molecule has 0 aliphatic heterocycles. The van der Waals surface area contributed by atoms with Crippen LogP contribution in [0.25, 0.3) is 11.6 Å². The SMILES string of the molecule is C=Cc1ccc(C2=CCC(C=C)C=C2)cc1. The minimum atomic E-state index is 0.496. The molecule has 0 fully saturated rings. The Kier molecular flexibility index (Phi) is 3.21. The molecule has 0 heteroatoms. The topological polar surface area (TPSA) is 0 Å². The highest BCUT2D eigenvalue weighted by atomic mass is 14.1. The summed E-state index contributed by atoms with van der Waals surface area (Å²) >= 11 is 0. The van der Waals surface area contributed by atoms with Gasteiger partial charge in [0.2, 0.25) is 0 Å². The third-order valence-corrected chi connectivity index (χ3v) is 2.92. The highest BCUT2D eigenvalue weighted by Gasteiger charge is 2.06. The largest absolute Gasteiger partial charge is 0.102 e. The molecular formula is C16H16. The lowest BCUT2D eigenvalue weighted by Gasteiger charge is -2.12. The van der Waals surface area contributed by atoms with Crippen molar-refractivity contribution < 1.29 is 0 Å². The van der Waals surface area contributed by atoms with Crippen molar-refractivity contribution in [1.29, 1.82) is 0 Å². The van der Waals surface area contributed by atoms with Crippen molar-refractivity contribution in [3.8, 4) is 0 Å². The first-order chi connectivity index (χ1) is 7.83. The van der Waals surface area contributed by atoms with Gasteiger partial charge in [0.05, 0.1) is 0 Å². The van der Waals surface area contributed by atoms with E-state index in [-0.39, 0.29) is 0 Å². The van der Waals surface area contributed by atoms with Crippen molar-refractivity contribution in [2.45, 2.75) is 6.42 Å². The molecule has 0 spiro atoms. The molecule has 1 aromatic rings. The lowest BCUT2D eigenvalue weighted by Crippen LogP contribution is -1.95. The first kappa shape index (κ1) is 10.7. The number of hydrogen-bond acceptors (Lipinski definition) is 0. The summed E-state index contributed by atoms with van der Waals surface area (Å²) in [4.78, 5) is 0. The molecule has 1 atom stereocenters. The monoisotopic (exact) mass is 208 g/mol. The zero-order chi connectivity index (χ0) is 11.4. The summed E-state index contributed by atoms with van der Waals surface area (Å²) in [6.07, 6.45) is 11.6. The summed E-state index contributed by atoms with van der Waals surface area (Å²) in [5.41, 5.74) is 3.73. The maximum absolute atomic E-state index is 3.81. The van der Waals surface area contributed by atoms with Crippen molar-refractivity contribution in [2.75, 3.05) is 0 Å². The van der Waals surface area contributed by atoms with Crippen LogP contribution in [0.4, 0.5) is 0 Å². The zero-order valence-corrected chi connectivity index (χ0v) is 9.39. The molecular weight excluding hydrogens is 192 g/mol. The van der Waals surface area contributed by atoms with Gasteiger partial charge in [0.1, 0.15) is 0 Å². The summed E-state index contributed by atoms with van der Waals surface area (Å²) < 4.78 is 0. The molecule has 1 aromatic carbocycles. The van der Waals surface area contributed by atoms with Crippen LogP contribution in [0.15, 0.2) is 61.7 Å². The molecule has 16 heavy (non-hydrogen) atoms. The standard InChI is InChI=1S/C16H16/c1-3-13-5-9-15(10-6-13)16-11-7-14(4-2)8-12-16/h3-7,9-12,14H,1-2,8H2. The Morgan fingerprint density at radius 2 is 1.88 bits per heavy atom. The quantitative estimate of drug-likeness (QED) is 0.643. The molecule has 0 nitrogen and oxygen atoms in total. The van der Waals surface area contributed by atoms with Gasteiger partial charge in [0.15, 0.2) is 0 Å². The second-order valence-corrected chi connectivity index (χ2v) is 3.98. The Morgan fingerprint density at radius 3 is 2.38 bits per heavy atom. The molecule has 2 rings (SSSR count). The fourth-order valence-corrected chi connectivity index (χ4v) is 1.84. The maximum atomic E-state index is 3.81. The van der Waals surface area contributed by atoms with Gasteiger partial charge in [-0.2, -0.15) is 0 Å². The first-order valence-electron chi connectivity index (χ1n) is 5.57. The van der Waals surface area contributed by atoms with Gasteiger partial charge in [-0.1, -0.05) is 61.2 Å². The van der Waals surface area contributed by atoms with Gasteiger partial charge in [-0.25, -0.2) is 0 Å². The van der Waals surface area contributed by atoms with E-state index in [1.54, 1.807) is 0 Å². The number of allylic oxidation sites excluding steroid dienone is 5. The molecule has 0 heterocycles. The van der Waals surface area contributed by atoms with Gasteiger partial charge in [-0.15, -0.1) is 6.58 Å². The van der Waals surface area contributed by atoms with E-state index in [9.17, 15) is 0 Å². The molecule has 0 N–H and O–H groups in total. The molecule has 1 aliphatic carbocycles. The summed E-state index contributed by atoms with van der Waals surface area (Å²) in [6, 6.07) is 8.47. The van der Waals surface area contributed by atoms with E-state index in [2.05, 4.69) is 55.7 Å². The van der Waals surface area contributed by atoms with Gasteiger partial charge in [-0.3, -0.25) is 0 Å². The smallest absolute Gasteiger partial charge is 0.00180 e. The average molecular weight is 208 g/mol. The summed E-state index contributed by atoms with van der Waals surface area (Å²) in [6.45, 7) is 7.57.